The lowest BCUT2D eigenvalue weighted by molar-refractivity contribution is -0.149. The zero-order valence-corrected chi connectivity index (χ0v) is 10.8. The minimum atomic E-state index is -1.84. The maximum atomic E-state index is 11.7. The van der Waals surface area contributed by atoms with Gasteiger partial charge >= 0.3 is 0 Å². The van der Waals surface area contributed by atoms with Gasteiger partial charge in [0.2, 0.25) is 0 Å². The summed E-state index contributed by atoms with van der Waals surface area (Å²) in [5.41, 5.74) is 0. The Balaban J connectivity index is 2.46. The fourth-order valence-electron chi connectivity index (χ4n) is 2.21. The number of rotatable bonds is 6. The average molecular weight is 277 g/mol. The zero-order chi connectivity index (χ0) is 14.4. The van der Waals surface area contributed by atoms with Gasteiger partial charge in [0.15, 0.2) is 6.10 Å². The molecule has 0 unspecified atom stereocenters. The molecule has 0 radical (unpaired) electrons. The Kier molecular flexibility index (Phi) is 6.67. The molecule has 0 heterocycles. The summed E-state index contributed by atoms with van der Waals surface area (Å²) in [7, 11) is 0. The molecule has 0 aliphatic heterocycles. The van der Waals surface area contributed by atoms with Gasteiger partial charge in [-0.15, -0.1) is 0 Å². The lowest BCUT2D eigenvalue weighted by Gasteiger charge is -2.28. The molecular weight excluding hydrogens is 254 g/mol. The number of nitrogens with one attached hydrogen (secondary N) is 1. The van der Waals surface area contributed by atoms with E-state index in [1.807, 2.05) is 0 Å². The van der Waals surface area contributed by atoms with E-state index in [-0.39, 0.29) is 6.04 Å². The topological polar surface area (TPSA) is 130 Å². The van der Waals surface area contributed by atoms with Crippen molar-refractivity contribution in [1.82, 2.24) is 5.32 Å². The highest BCUT2D eigenvalue weighted by Crippen LogP contribution is 2.17. The summed E-state index contributed by atoms with van der Waals surface area (Å²) in [4.78, 5) is 11.7. The monoisotopic (exact) mass is 277 g/mol. The molecule has 0 aromatic heterocycles. The molecule has 1 amide bonds. The van der Waals surface area contributed by atoms with Crippen LogP contribution in [-0.4, -0.2) is 68.5 Å². The zero-order valence-electron chi connectivity index (χ0n) is 10.8. The Hall–Kier alpha value is -0.730. The molecule has 0 aromatic rings. The molecule has 6 N–H and O–H groups in total. The van der Waals surface area contributed by atoms with Crippen LogP contribution in [0, 0.1) is 0 Å². The molecule has 1 fully saturated rings. The standard InChI is InChI=1S/C12H23NO6/c14-6-8(15)9(16)10(17)11(18)12(19)13-7-4-2-1-3-5-7/h7-11,14-18H,1-6H2,(H,13,19)/t8-,9-,10-,11-/m1/s1. The maximum absolute atomic E-state index is 11.7. The van der Waals surface area contributed by atoms with Crippen molar-refractivity contribution in [1.29, 1.82) is 0 Å². The Morgan fingerprint density at radius 2 is 1.63 bits per heavy atom. The third kappa shape index (κ3) is 4.70. The van der Waals surface area contributed by atoms with Gasteiger partial charge in [0.05, 0.1) is 6.61 Å². The molecule has 0 aromatic carbocycles. The smallest absolute Gasteiger partial charge is 0.251 e. The summed E-state index contributed by atoms with van der Waals surface area (Å²) in [6.07, 6.45) is -2.26. The predicted octanol–water partition coefficient (Wildman–Crippen LogP) is -2.13. The third-order valence-electron chi connectivity index (χ3n) is 3.47. The van der Waals surface area contributed by atoms with Crippen LogP contribution >= 0.6 is 0 Å². The quantitative estimate of drug-likeness (QED) is 0.329. The molecule has 4 atom stereocenters. The van der Waals surface area contributed by atoms with E-state index >= 15 is 0 Å². The van der Waals surface area contributed by atoms with E-state index < -0.39 is 36.9 Å². The van der Waals surface area contributed by atoms with Gasteiger partial charge in [-0.05, 0) is 12.8 Å². The van der Waals surface area contributed by atoms with Crippen LogP contribution in [0.3, 0.4) is 0 Å². The number of carbonyl (C=O) groups is 1. The first-order chi connectivity index (χ1) is 8.97. The molecule has 19 heavy (non-hydrogen) atoms. The molecule has 0 bridgehead atoms. The van der Waals surface area contributed by atoms with Crippen LogP contribution in [-0.2, 0) is 4.79 Å². The van der Waals surface area contributed by atoms with Crippen molar-refractivity contribution in [3.63, 3.8) is 0 Å². The SMILES string of the molecule is O=C(NC1CCCCC1)[C@H](O)[C@H](O)[C@H](O)[C@H](O)CO. The summed E-state index contributed by atoms with van der Waals surface area (Å²) >= 11 is 0. The summed E-state index contributed by atoms with van der Waals surface area (Å²) in [6, 6.07) is -0.0250. The largest absolute Gasteiger partial charge is 0.394 e. The van der Waals surface area contributed by atoms with Crippen molar-refractivity contribution in [3.8, 4) is 0 Å². The van der Waals surface area contributed by atoms with Crippen molar-refractivity contribution in [2.24, 2.45) is 0 Å². The second kappa shape index (κ2) is 7.76. The molecule has 1 aliphatic rings. The van der Waals surface area contributed by atoms with Crippen LogP contribution in [0.5, 0.6) is 0 Å². The van der Waals surface area contributed by atoms with Crippen molar-refractivity contribution in [2.45, 2.75) is 62.6 Å². The lowest BCUT2D eigenvalue weighted by atomic mass is 9.95. The van der Waals surface area contributed by atoms with Gasteiger partial charge in [-0.25, -0.2) is 0 Å². The fourth-order valence-corrected chi connectivity index (χ4v) is 2.21. The van der Waals surface area contributed by atoms with Crippen LogP contribution < -0.4 is 5.32 Å². The highest BCUT2D eigenvalue weighted by Gasteiger charge is 2.34. The molecule has 7 nitrogen and oxygen atoms in total. The van der Waals surface area contributed by atoms with Crippen LogP contribution in [0.2, 0.25) is 0 Å². The molecule has 0 spiro atoms. The number of aliphatic hydroxyl groups is 5. The van der Waals surface area contributed by atoms with Crippen molar-refractivity contribution in [2.75, 3.05) is 6.61 Å². The van der Waals surface area contributed by atoms with Gasteiger partial charge in [-0.2, -0.15) is 0 Å². The number of hydrogen-bond acceptors (Lipinski definition) is 6. The Morgan fingerprint density at radius 3 is 2.16 bits per heavy atom. The number of aliphatic hydroxyl groups excluding tert-OH is 5. The highest BCUT2D eigenvalue weighted by molar-refractivity contribution is 5.81. The van der Waals surface area contributed by atoms with E-state index in [1.54, 1.807) is 0 Å². The van der Waals surface area contributed by atoms with Gasteiger partial charge in [-0.1, -0.05) is 19.3 Å². The first kappa shape index (κ1) is 16.3. The first-order valence-electron chi connectivity index (χ1n) is 6.61. The van der Waals surface area contributed by atoms with E-state index in [1.165, 1.54) is 0 Å². The normalized spacial score (nSPS) is 23.4. The van der Waals surface area contributed by atoms with E-state index in [0.717, 1.165) is 32.1 Å². The molecule has 0 saturated heterocycles. The van der Waals surface area contributed by atoms with Gasteiger partial charge in [0.25, 0.3) is 5.91 Å². The molecule has 112 valence electrons. The second-order valence-electron chi connectivity index (χ2n) is 5.02. The second-order valence-corrected chi connectivity index (χ2v) is 5.02. The molecule has 1 rings (SSSR count). The Labute approximate surface area is 111 Å². The lowest BCUT2D eigenvalue weighted by Crippen LogP contribution is -2.53. The van der Waals surface area contributed by atoms with E-state index in [2.05, 4.69) is 5.32 Å². The summed E-state index contributed by atoms with van der Waals surface area (Å²) in [6.45, 7) is -0.769. The summed E-state index contributed by atoms with van der Waals surface area (Å²) in [5, 5.41) is 49.0. The van der Waals surface area contributed by atoms with Crippen LogP contribution in [0.25, 0.3) is 0 Å². The number of amides is 1. The number of carbonyl (C=O) groups excluding carboxylic acids is 1. The molecule has 7 heteroatoms. The summed E-state index contributed by atoms with van der Waals surface area (Å²) < 4.78 is 0. The highest BCUT2D eigenvalue weighted by atomic mass is 16.4. The predicted molar refractivity (Wildman–Crippen MR) is 66.1 cm³/mol. The van der Waals surface area contributed by atoms with E-state index in [0.29, 0.717) is 0 Å². The van der Waals surface area contributed by atoms with E-state index in [9.17, 15) is 20.1 Å². The Bertz CT molecular complexity index is 281. The minimum Gasteiger partial charge on any atom is -0.394 e. The average Bonchev–Trinajstić information content (AvgIpc) is 2.44. The van der Waals surface area contributed by atoms with Crippen LogP contribution in [0.15, 0.2) is 0 Å². The fraction of sp³-hybridized carbons (Fsp3) is 0.917. The molecule has 1 aliphatic carbocycles. The van der Waals surface area contributed by atoms with Gasteiger partial charge < -0.3 is 30.8 Å². The van der Waals surface area contributed by atoms with Crippen LogP contribution in [0.4, 0.5) is 0 Å². The Morgan fingerprint density at radius 1 is 1.05 bits per heavy atom. The van der Waals surface area contributed by atoms with Gasteiger partial charge in [0.1, 0.15) is 18.3 Å². The third-order valence-corrected chi connectivity index (χ3v) is 3.47. The number of hydrogen-bond donors (Lipinski definition) is 6. The molecular formula is C12H23NO6. The molecule has 1 saturated carbocycles. The van der Waals surface area contributed by atoms with Crippen molar-refractivity contribution in [3.05, 3.63) is 0 Å². The van der Waals surface area contributed by atoms with Gasteiger partial charge in [0, 0.05) is 6.04 Å². The van der Waals surface area contributed by atoms with Crippen LogP contribution in [0.1, 0.15) is 32.1 Å². The first-order valence-corrected chi connectivity index (χ1v) is 6.61. The van der Waals surface area contributed by atoms with E-state index in [4.69, 9.17) is 10.2 Å². The maximum Gasteiger partial charge on any atom is 0.251 e. The minimum absolute atomic E-state index is 0.0250. The van der Waals surface area contributed by atoms with Crippen molar-refractivity contribution >= 4 is 5.91 Å². The van der Waals surface area contributed by atoms with Gasteiger partial charge in [-0.3, -0.25) is 4.79 Å². The summed E-state index contributed by atoms with van der Waals surface area (Å²) in [5.74, 6) is -0.774. The van der Waals surface area contributed by atoms with Crippen molar-refractivity contribution < 1.29 is 30.3 Å².